The smallest absolute Gasteiger partial charge is 0.249 e. The highest BCUT2D eigenvalue weighted by molar-refractivity contribution is 6.01. The number of aromatic nitrogens is 3. The van der Waals surface area contributed by atoms with E-state index in [1.165, 1.54) is 15.6 Å². The molecule has 1 N–H and O–H groups in total. The van der Waals surface area contributed by atoms with Gasteiger partial charge >= 0.3 is 0 Å². The maximum absolute atomic E-state index is 15.2. The van der Waals surface area contributed by atoms with Crippen molar-refractivity contribution in [1.82, 2.24) is 20.3 Å². The molecule has 184 valence electrons. The summed E-state index contributed by atoms with van der Waals surface area (Å²) in [4.78, 5) is 29.1. The molecule has 0 radical (unpaired) electrons. The summed E-state index contributed by atoms with van der Waals surface area (Å²) >= 11 is 0. The van der Waals surface area contributed by atoms with Crippen LogP contribution in [-0.4, -0.2) is 32.9 Å². The summed E-state index contributed by atoms with van der Waals surface area (Å²) in [6, 6.07) is 19.6. The van der Waals surface area contributed by atoms with Crippen LogP contribution in [-0.2, 0) is 16.1 Å². The second-order valence-corrected chi connectivity index (χ2v) is 9.25. The maximum Gasteiger partial charge on any atom is 0.249 e. The number of rotatable bonds is 7. The fourth-order valence-electron chi connectivity index (χ4n) is 4.90. The Hall–Kier alpha value is -4.07. The number of carbonyl (C=O) groups excluding carboxylic acids is 2. The lowest BCUT2D eigenvalue weighted by molar-refractivity contribution is -0.127. The van der Waals surface area contributed by atoms with Gasteiger partial charge < -0.3 is 5.32 Å². The number of nitrogens with zero attached hydrogens (tertiary/aromatic N) is 4. The van der Waals surface area contributed by atoms with Gasteiger partial charge in [0.05, 0.1) is 5.52 Å². The Kier molecular flexibility index (Phi) is 6.75. The van der Waals surface area contributed by atoms with Crippen LogP contribution in [0.5, 0.6) is 0 Å². The molecule has 0 aliphatic heterocycles. The highest BCUT2D eigenvalue weighted by Gasteiger charge is 2.36. The quantitative estimate of drug-likeness (QED) is 0.411. The van der Waals surface area contributed by atoms with Crippen LogP contribution in [0, 0.1) is 12.7 Å². The molecule has 1 aliphatic carbocycles. The highest BCUT2D eigenvalue weighted by Crippen LogP contribution is 2.31. The Morgan fingerprint density at radius 3 is 2.58 bits per heavy atom. The monoisotopic (exact) mass is 485 g/mol. The molecule has 5 rings (SSSR count). The second-order valence-electron chi connectivity index (χ2n) is 9.25. The lowest BCUT2D eigenvalue weighted by Gasteiger charge is -2.32. The minimum atomic E-state index is -1.18. The zero-order valence-electron chi connectivity index (χ0n) is 20.1. The predicted molar refractivity (Wildman–Crippen MR) is 136 cm³/mol. The summed E-state index contributed by atoms with van der Waals surface area (Å²) in [5.41, 5.74) is 2.94. The number of fused-ring (bicyclic) bond motifs is 1. The third-order valence-electron chi connectivity index (χ3n) is 6.66. The zero-order chi connectivity index (χ0) is 25.1. The van der Waals surface area contributed by atoms with E-state index in [-0.39, 0.29) is 18.2 Å². The van der Waals surface area contributed by atoms with E-state index >= 15 is 4.39 Å². The Balaban J connectivity index is 1.59. The molecule has 1 aliphatic rings. The van der Waals surface area contributed by atoms with Gasteiger partial charge in [-0.15, -0.1) is 5.10 Å². The fourth-order valence-corrected chi connectivity index (χ4v) is 4.90. The number of amides is 2. The topological polar surface area (TPSA) is 80.1 Å². The highest BCUT2D eigenvalue weighted by atomic mass is 19.1. The molecule has 0 bridgehead atoms. The molecule has 0 spiro atoms. The van der Waals surface area contributed by atoms with Gasteiger partial charge in [-0.3, -0.25) is 14.5 Å². The number of halogens is 1. The van der Waals surface area contributed by atoms with Gasteiger partial charge in [-0.1, -0.05) is 60.5 Å². The first-order chi connectivity index (χ1) is 17.5. The molecule has 1 fully saturated rings. The van der Waals surface area contributed by atoms with Gasteiger partial charge in [0, 0.05) is 17.3 Å². The van der Waals surface area contributed by atoms with E-state index < -0.39 is 23.7 Å². The van der Waals surface area contributed by atoms with Crippen LogP contribution in [0.3, 0.4) is 0 Å². The van der Waals surface area contributed by atoms with Gasteiger partial charge in [-0.2, -0.15) is 0 Å². The summed E-state index contributed by atoms with van der Waals surface area (Å²) in [6.45, 7) is 1.75. The number of anilines is 1. The van der Waals surface area contributed by atoms with Gasteiger partial charge in [0.25, 0.3) is 0 Å². The SMILES string of the molecule is Cc1cccc(N(C(=O)Cn2nnc3ccccc32)[C@H](C(=O)NC2CCCC2)c2ccccc2F)c1. The number of hydrogen-bond acceptors (Lipinski definition) is 4. The lowest BCUT2D eigenvalue weighted by atomic mass is 10.0. The van der Waals surface area contributed by atoms with E-state index in [4.69, 9.17) is 0 Å². The van der Waals surface area contributed by atoms with E-state index in [9.17, 15) is 9.59 Å². The van der Waals surface area contributed by atoms with Gasteiger partial charge in [0.15, 0.2) is 0 Å². The summed E-state index contributed by atoms with van der Waals surface area (Å²) in [7, 11) is 0. The molecule has 3 aromatic carbocycles. The molecule has 7 nitrogen and oxygen atoms in total. The molecule has 1 saturated carbocycles. The first kappa shape index (κ1) is 23.7. The Morgan fingerprint density at radius 2 is 1.81 bits per heavy atom. The minimum absolute atomic E-state index is 0.0143. The molecule has 0 unspecified atom stereocenters. The molecule has 1 heterocycles. The molecular weight excluding hydrogens is 457 g/mol. The standard InChI is InChI=1S/C28H28FN5O2/c1-19-9-8-12-21(17-19)34(26(35)18-33-25-16-7-6-15-24(25)31-32-33)27(22-13-4-5-14-23(22)29)28(36)30-20-10-2-3-11-20/h4-9,12-17,20,27H,2-3,10-11,18H2,1H3,(H,30,36)/t27-/m0/s1. The number of carbonyl (C=O) groups is 2. The Bertz CT molecular complexity index is 1400. The number of nitrogens with one attached hydrogen (secondary N) is 1. The lowest BCUT2D eigenvalue weighted by Crippen LogP contribution is -2.47. The Morgan fingerprint density at radius 1 is 1.06 bits per heavy atom. The second kappa shape index (κ2) is 10.3. The van der Waals surface area contributed by atoms with E-state index in [1.807, 2.05) is 49.4 Å². The average molecular weight is 486 g/mol. The molecular formula is C28H28FN5O2. The summed E-state index contributed by atoms with van der Waals surface area (Å²) < 4.78 is 16.7. The van der Waals surface area contributed by atoms with Crippen LogP contribution in [0.1, 0.15) is 42.9 Å². The molecule has 1 atom stereocenters. The van der Waals surface area contributed by atoms with Crippen LogP contribution >= 0.6 is 0 Å². The third-order valence-corrected chi connectivity index (χ3v) is 6.66. The van der Waals surface area contributed by atoms with Gasteiger partial charge in [0.2, 0.25) is 11.8 Å². The van der Waals surface area contributed by atoms with Crippen LogP contribution in [0.25, 0.3) is 11.0 Å². The summed E-state index contributed by atoms with van der Waals surface area (Å²) in [5.74, 6) is -1.34. The van der Waals surface area contributed by atoms with E-state index in [0.717, 1.165) is 31.2 Å². The van der Waals surface area contributed by atoms with Crippen molar-refractivity contribution in [3.63, 3.8) is 0 Å². The van der Waals surface area contributed by atoms with Crippen molar-refractivity contribution in [2.45, 2.75) is 51.2 Å². The molecule has 1 aromatic heterocycles. The molecule has 2 amide bonds. The van der Waals surface area contributed by atoms with Gasteiger partial charge in [-0.25, -0.2) is 9.07 Å². The largest absolute Gasteiger partial charge is 0.351 e. The maximum atomic E-state index is 15.2. The Labute approximate surface area is 208 Å². The predicted octanol–water partition coefficient (Wildman–Crippen LogP) is 4.71. The van der Waals surface area contributed by atoms with E-state index in [1.54, 1.807) is 24.3 Å². The van der Waals surface area contributed by atoms with Crippen molar-refractivity contribution in [3.05, 3.63) is 89.7 Å². The van der Waals surface area contributed by atoms with Crippen LogP contribution in [0.4, 0.5) is 10.1 Å². The summed E-state index contributed by atoms with van der Waals surface area (Å²) in [6.07, 6.45) is 3.82. The van der Waals surface area contributed by atoms with Crippen molar-refractivity contribution in [3.8, 4) is 0 Å². The number of aryl methyl sites for hydroxylation is 1. The summed E-state index contributed by atoms with van der Waals surface area (Å²) in [5, 5.41) is 11.4. The van der Waals surface area contributed by atoms with Crippen molar-refractivity contribution in [1.29, 1.82) is 0 Å². The van der Waals surface area contributed by atoms with Crippen LogP contribution < -0.4 is 10.2 Å². The number of benzene rings is 3. The number of hydrogen-bond donors (Lipinski definition) is 1. The van der Waals surface area contributed by atoms with E-state index in [0.29, 0.717) is 16.7 Å². The minimum Gasteiger partial charge on any atom is -0.351 e. The van der Waals surface area contributed by atoms with Crippen molar-refractivity contribution in [2.75, 3.05) is 4.90 Å². The molecule has 8 heteroatoms. The third kappa shape index (κ3) is 4.84. The number of para-hydroxylation sites is 1. The van der Waals surface area contributed by atoms with Gasteiger partial charge in [-0.05, 0) is 55.7 Å². The first-order valence-electron chi connectivity index (χ1n) is 12.2. The van der Waals surface area contributed by atoms with Crippen molar-refractivity contribution >= 4 is 28.5 Å². The van der Waals surface area contributed by atoms with Crippen LogP contribution in [0.2, 0.25) is 0 Å². The zero-order valence-corrected chi connectivity index (χ0v) is 20.1. The van der Waals surface area contributed by atoms with E-state index in [2.05, 4.69) is 15.6 Å². The first-order valence-corrected chi connectivity index (χ1v) is 12.2. The molecule has 0 saturated heterocycles. The molecule has 4 aromatic rings. The molecule has 36 heavy (non-hydrogen) atoms. The average Bonchev–Trinajstić information content (AvgIpc) is 3.53. The van der Waals surface area contributed by atoms with Crippen molar-refractivity contribution in [2.24, 2.45) is 0 Å². The van der Waals surface area contributed by atoms with Gasteiger partial charge in [0.1, 0.15) is 23.9 Å². The van der Waals surface area contributed by atoms with Crippen molar-refractivity contribution < 1.29 is 14.0 Å². The normalized spacial score (nSPS) is 14.6. The fraction of sp³-hybridized carbons (Fsp3) is 0.286. The van der Waals surface area contributed by atoms with Crippen LogP contribution in [0.15, 0.2) is 72.8 Å².